The Morgan fingerprint density at radius 1 is 1.37 bits per heavy atom. The van der Waals surface area contributed by atoms with E-state index in [1.807, 2.05) is 18.2 Å². The zero-order valence-electron chi connectivity index (χ0n) is 11.0. The van der Waals surface area contributed by atoms with E-state index in [-0.39, 0.29) is 18.0 Å². The molecule has 1 aromatic rings. The number of nitrogens with one attached hydrogen (secondary N) is 1. The summed E-state index contributed by atoms with van der Waals surface area (Å²) in [7, 11) is 1.74. The Hall–Kier alpha value is -1.07. The molecule has 0 amide bonds. The molecule has 1 aliphatic rings. The number of nitrogens with two attached hydrogens (primary N) is 1. The summed E-state index contributed by atoms with van der Waals surface area (Å²) < 4.78 is 12.3. The van der Waals surface area contributed by atoms with Crippen LogP contribution in [0.4, 0.5) is 0 Å². The molecule has 5 heteroatoms. The van der Waals surface area contributed by atoms with Gasteiger partial charge in [0.25, 0.3) is 0 Å². The second kappa shape index (κ2) is 6.39. The van der Waals surface area contributed by atoms with Crippen molar-refractivity contribution in [1.29, 1.82) is 5.41 Å². The van der Waals surface area contributed by atoms with Crippen LogP contribution in [-0.2, 0) is 4.74 Å². The summed E-state index contributed by atoms with van der Waals surface area (Å²) in [6, 6.07) is 5.57. The van der Waals surface area contributed by atoms with Crippen molar-refractivity contribution >= 4 is 21.8 Å². The largest absolute Gasteiger partial charge is 0.490 e. The van der Waals surface area contributed by atoms with Crippen LogP contribution in [0.15, 0.2) is 22.7 Å². The molecule has 1 aromatic carbocycles. The zero-order valence-corrected chi connectivity index (χ0v) is 12.6. The Morgan fingerprint density at radius 2 is 2.11 bits per heavy atom. The van der Waals surface area contributed by atoms with E-state index in [1.54, 1.807) is 7.11 Å². The van der Waals surface area contributed by atoms with Crippen LogP contribution in [0.3, 0.4) is 0 Å². The number of methoxy groups -OCH3 is 1. The monoisotopic (exact) mass is 326 g/mol. The van der Waals surface area contributed by atoms with Gasteiger partial charge in [0, 0.05) is 18.0 Å². The molecule has 4 nitrogen and oxygen atoms in total. The van der Waals surface area contributed by atoms with Gasteiger partial charge in [-0.25, -0.2) is 0 Å². The van der Waals surface area contributed by atoms with Gasteiger partial charge in [0.05, 0.1) is 11.7 Å². The minimum Gasteiger partial charge on any atom is -0.490 e. The Kier molecular flexibility index (Phi) is 4.82. The first-order chi connectivity index (χ1) is 9.10. The molecule has 19 heavy (non-hydrogen) atoms. The van der Waals surface area contributed by atoms with Gasteiger partial charge in [-0.05, 0) is 37.5 Å². The first kappa shape index (κ1) is 14.3. The molecule has 0 radical (unpaired) electrons. The van der Waals surface area contributed by atoms with E-state index in [1.165, 1.54) is 0 Å². The number of benzene rings is 1. The molecule has 2 atom stereocenters. The molecule has 0 saturated heterocycles. The number of ether oxygens (including phenoxy) is 2. The predicted molar refractivity (Wildman–Crippen MR) is 78.8 cm³/mol. The molecule has 1 fully saturated rings. The molecule has 1 saturated carbocycles. The molecule has 0 spiro atoms. The molecular weight excluding hydrogens is 308 g/mol. The molecule has 0 heterocycles. The molecule has 0 aromatic heterocycles. The summed E-state index contributed by atoms with van der Waals surface area (Å²) in [5.41, 5.74) is 6.23. The lowest BCUT2D eigenvalue weighted by Crippen LogP contribution is -2.30. The van der Waals surface area contributed by atoms with Gasteiger partial charge in [-0.2, -0.15) is 0 Å². The van der Waals surface area contributed by atoms with E-state index in [4.69, 9.17) is 20.6 Å². The number of nitrogen functional groups attached to an aromatic ring is 1. The maximum atomic E-state index is 7.62. The molecular formula is C14H19BrN2O2. The fraction of sp³-hybridized carbons (Fsp3) is 0.500. The van der Waals surface area contributed by atoms with Crippen LogP contribution in [0, 0.1) is 5.41 Å². The van der Waals surface area contributed by atoms with Crippen molar-refractivity contribution in [3.05, 3.63) is 28.2 Å². The third-order valence-corrected chi connectivity index (χ3v) is 3.93. The molecule has 1 aliphatic carbocycles. The molecule has 0 aliphatic heterocycles. The van der Waals surface area contributed by atoms with Crippen molar-refractivity contribution in [3.8, 4) is 5.75 Å². The van der Waals surface area contributed by atoms with Crippen LogP contribution in [0.1, 0.15) is 31.2 Å². The van der Waals surface area contributed by atoms with E-state index in [2.05, 4.69) is 15.9 Å². The minimum absolute atomic E-state index is 0.0235. The van der Waals surface area contributed by atoms with E-state index < -0.39 is 0 Å². The normalized spacial score (nSPS) is 23.1. The quantitative estimate of drug-likeness (QED) is 0.660. The van der Waals surface area contributed by atoms with Crippen molar-refractivity contribution in [2.75, 3.05) is 7.11 Å². The number of halogens is 1. The van der Waals surface area contributed by atoms with E-state index in [0.717, 1.165) is 30.2 Å². The molecule has 104 valence electrons. The van der Waals surface area contributed by atoms with Crippen LogP contribution in [0.25, 0.3) is 0 Å². The van der Waals surface area contributed by atoms with Crippen molar-refractivity contribution in [2.24, 2.45) is 5.73 Å². The van der Waals surface area contributed by atoms with Gasteiger partial charge in [-0.3, -0.25) is 5.41 Å². The fourth-order valence-corrected chi connectivity index (χ4v) is 2.78. The third kappa shape index (κ3) is 3.70. The lowest BCUT2D eigenvalue weighted by Gasteiger charge is -2.29. The summed E-state index contributed by atoms with van der Waals surface area (Å²) in [5, 5.41) is 7.62. The van der Waals surface area contributed by atoms with Gasteiger partial charge in [0.2, 0.25) is 0 Å². The second-order valence-electron chi connectivity index (χ2n) is 4.82. The Morgan fingerprint density at radius 3 is 2.79 bits per heavy atom. The highest BCUT2D eigenvalue weighted by molar-refractivity contribution is 9.10. The maximum absolute atomic E-state index is 7.62. The Bertz CT molecular complexity index is 465. The fourth-order valence-electron chi connectivity index (χ4n) is 2.42. The van der Waals surface area contributed by atoms with Crippen LogP contribution < -0.4 is 10.5 Å². The van der Waals surface area contributed by atoms with Crippen molar-refractivity contribution in [2.45, 2.75) is 37.9 Å². The number of amidine groups is 1. The number of rotatable bonds is 4. The summed E-state index contributed by atoms with van der Waals surface area (Å²) in [6.07, 6.45) is 4.52. The van der Waals surface area contributed by atoms with Gasteiger partial charge < -0.3 is 15.2 Å². The van der Waals surface area contributed by atoms with E-state index in [0.29, 0.717) is 11.3 Å². The van der Waals surface area contributed by atoms with Gasteiger partial charge >= 0.3 is 0 Å². The van der Waals surface area contributed by atoms with Gasteiger partial charge in [0.15, 0.2) is 0 Å². The summed E-state index contributed by atoms with van der Waals surface area (Å²) in [5.74, 6) is 0.702. The lowest BCUT2D eigenvalue weighted by atomic mass is 9.95. The molecule has 2 unspecified atom stereocenters. The first-order valence-electron chi connectivity index (χ1n) is 6.43. The predicted octanol–water partition coefficient (Wildman–Crippen LogP) is 3.07. The van der Waals surface area contributed by atoms with Crippen molar-refractivity contribution < 1.29 is 9.47 Å². The van der Waals surface area contributed by atoms with Gasteiger partial charge in [-0.1, -0.05) is 15.9 Å². The number of hydrogen-bond acceptors (Lipinski definition) is 3. The van der Waals surface area contributed by atoms with Gasteiger partial charge in [0.1, 0.15) is 17.7 Å². The second-order valence-corrected chi connectivity index (χ2v) is 5.73. The van der Waals surface area contributed by atoms with Crippen molar-refractivity contribution in [1.82, 2.24) is 0 Å². The topological polar surface area (TPSA) is 68.3 Å². The zero-order chi connectivity index (χ0) is 13.8. The van der Waals surface area contributed by atoms with E-state index >= 15 is 0 Å². The standard InChI is InChI=1S/C14H19BrN2O2/c1-18-10-3-2-4-11(8-10)19-13-6-5-9(15)7-12(13)14(16)17/h5-7,10-11H,2-4,8H2,1H3,(H3,16,17). The maximum Gasteiger partial charge on any atom is 0.130 e. The van der Waals surface area contributed by atoms with Crippen LogP contribution in [0.2, 0.25) is 0 Å². The van der Waals surface area contributed by atoms with E-state index in [9.17, 15) is 0 Å². The lowest BCUT2D eigenvalue weighted by molar-refractivity contribution is 0.0209. The highest BCUT2D eigenvalue weighted by atomic mass is 79.9. The summed E-state index contributed by atoms with van der Waals surface area (Å²) >= 11 is 3.38. The molecule has 3 N–H and O–H groups in total. The average molecular weight is 327 g/mol. The van der Waals surface area contributed by atoms with Crippen LogP contribution in [0.5, 0.6) is 5.75 Å². The van der Waals surface area contributed by atoms with Gasteiger partial charge in [-0.15, -0.1) is 0 Å². The third-order valence-electron chi connectivity index (χ3n) is 3.44. The average Bonchev–Trinajstić information content (AvgIpc) is 2.41. The minimum atomic E-state index is 0.0235. The summed E-state index contributed by atoms with van der Waals surface area (Å²) in [6.45, 7) is 0. The Balaban J connectivity index is 2.12. The van der Waals surface area contributed by atoms with Crippen LogP contribution in [-0.4, -0.2) is 25.2 Å². The van der Waals surface area contributed by atoms with Crippen LogP contribution >= 0.6 is 15.9 Å². The Labute approximate surface area is 121 Å². The first-order valence-corrected chi connectivity index (χ1v) is 7.23. The molecule has 2 rings (SSSR count). The SMILES string of the molecule is COC1CCCC(Oc2ccc(Br)cc2C(=N)N)C1. The smallest absolute Gasteiger partial charge is 0.130 e. The highest BCUT2D eigenvalue weighted by Crippen LogP contribution is 2.28. The number of hydrogen-bond donors (Lipinski definition) is 2. The molecule has 0 bridgehead atoms. The highest BCUT2D eigenvalue weighted by Gasteiger charge is 2.24. The summed E-state index contributed by atoms with van der Waals surface area (Å²) in [4.78, 5) is 0. The van der Waals surface area contributed by atoms with Crippen molar-refractivity contribution in [3.63, 3.8) is 0 Å².